The number of anilines is 1. The van der Waals surface area contributed by atoms with Gasteiger partial charge in [0.05, 0.1) is 5.56 Å². The topological polar surface area (TPSA) is 66.5 Å². The number of halogens is 3. The zero-order chi connectivity index (χ0) is 11.8. The van der Waals surface area contributed by atoms with Gasteiger partial charge in [0.2, 0.25) is 0 Å². The predicted molar refractivity (Wildman–Crippen MR) is 47.8 cm³/mol. The molecule has 0 atom stereocenters. The zero-order valence-corrected chi connectivity index (χ0v) is 7.84. The Hall–Kier alpha value is -1.27. The molecule has 0 radical (unpaired) electrons. The molecule has 0 aliphatic carbocycles. The Morgan fingerprint density at radius 1 is 1.27 bits per heavy atom. The van der Waals surface area contributed by atoms with Crippen LogP contribution in [0.2, 0.25) is 0 Å². The lowest BCUT2D eigenvalue weighted by Crippen LogP contribution is -2.11. The molecule has 0 aliphatic heterocycles. The molecule has 0 aliphatic rings. The Morgan fingerprint density at radius 3 is 2.20 bits per heavy atom. The van der Waals surface area contributed by atoms with Gasteiger partial charge in [-0.15, -0.1) is 0 Å². The first-order chi connectivity index (χ1) is 6.75. The summed E-state index contributed by atoms with van der Waals surface area (Å²) in [5, 5.41) is 17.6. The summed E-state index contributed by atoms with van der Waals surface area (Å²) >= 11 is 0. The standard InChI is InChI=1S/C9H10F3NO2/c1-4-6(9(10,11)12)3-2-5(7(4)13)8(14)15/h2-3,8,14-15H,13H2,1H3. The molecule has 0 aromatic heterocycles. The maximum absolute atomic E-state index is 12.4. The minimum Gasteiger partial charge on any atom is -0.398 e. The van der Waals surface area contributed by atoms with Crippen LogP contribution in [0.1, 0.15) is 23.0 Å². The minimum absolute atomic E-state index is 0.125. The SMILES string of the molecule is Cc1c(C(F)(F)F)ccc(C(O)O)c1N. The van der Waals surface area contributed by atoms with E-state index < -0.39 is 18.0 Å². The van der Waals surface area contributed by atoms with Crippen LogP contribution in [0.4, 0.5) is 18.9 Å². The van der Waals surface area contributed by atoms with Crippen molar-refractivity contribution in [1.29, 1.82) is 0 Å². The van der Waals surface area contributed by atoms with Crippen LogP contribution in [0.25, 0.3) is 0 Å². The largest absolute Gasteiger partial charge is 0.416 e. The Kier molecular flexibility index (Phi) is 2.92. The van der Waals surface area contributed by atoms with Gasteiger partial charge in [0.25, 0.3) is 0 Å². The molecule has 3 nitrogen and oxygen atoms in total. The maximum Gasteiger partial charge on any atom is 0.416 e. The Bertz CT molecular complexity index is 374. The summed E-state index contributed by atoms with van der Waals surface area (Å²) in [6.07, 6.45) is -6.36. The van der Waals surface area contributed by atoms with Crippen LogP contribution >= 0.6 is 0 Å². The molecule has 4 N–H and O–H groups in total. The molecule has 0 fully saturated rings. The zero-order valence-electron chi connectivity index (χ0n) is 7.84. The molecule has 84 valence electrons. The summed E-state index contributed by atoms with van der Waals surface area (Å²) in [5.74, 6) is 0. The van der Waals surface area contributed by atoms with Gasteiger partial charge in [-0.05, 0) is 18.6 Å². The van der Waals surface area contributed by atoms with Gasteiger partial charge in [-0.25, -0.2) is 0 Å². The van der Waals surface area contributed by atoms with E-state index in [9.17, 15) is 13.2 Å². The third-order valence-electron chi connectivity index (χ3n) is 2.13. The molecular formula is C9H10F3NO2. The average Bonchev–Trinajstić information content (AvgIpc) is 2.06. The van der Waals surface area contributed by atoms with E-state index in [0.717, 1.165) is 12.1 Å². The lowest BCUT2D eigenvalue weighted by Gasteiger charge is -2.15. The van der Waals surface area contributed by atoms with Crippen LogP contribution < -0.4 is 5.73 Å². The number of alkyl halides is 3. The van der Waals surface area contributed by atoms with E-state index in [2.05, 4.69) is 0 Å². The van der Waals surface area contributed by atoms with Crippen molar-refractivity contribution in [3.05, 3.63) is 28.8 Å². The first-order valence-electron chi connectivity index (χ1n) is 4.07. The van der Waals surface area contributed by atoms with Crippen molar-refractivity contribution in [3.8, 4) is 0 Å². The van der Waals surface area contributed by atoms with Crippen LogP contribution in [0.5, 0.6) is 0 Å². The van der Waals surface area contributed by atoms with Crippen LogP contribution in [-0.2, 0) is 6.18 Å². The first kappa shape index (κ1) is 11.8. The van der Waals surface area contributed by atoms with Gasteiger partial charge >= 0.3 is 6.18 Å². The monoisotopic (exact) mass is 221 g/mol. The smallest absolute Gasteiger partial charge is 0.398 e. The number of aliphatic hydroxyl groups is 2. The first-order valence-corrected chi connectivity index (χ1v) is 4.07. The van der Waals surface area contributed by atoms with Gasteiger partial charge in [-0.3, -0.25) is 0 Å². The fourth-order valence-corrected chi connectivity index (χ4v) is 1.28. The van der Waals surface area contributed by atoms with Gasteiger partial charge < -0.3 is 15.9 Å². The molecule has 0 saturated heterocycles. The Labute approximate surface area is 84.0 Å². The summed E-state index contributed by atoms with van der Waals surface area (Å²) in [4.78, 5) is 0. The van der Waals surface area contributed by atoms with E-state index >= 15 is 0 Å². The highest BCUT2D eigenvalue weighted by Gasteiger charge is 2.33. The fourth-order valence-electron chi connectivity index (χ4n) is 1.28. The van der Waals surface area contributed by atoms with Crippen molar-refractivity contribution >= 4 is 5.69 Å². The molecule has 1 rings (SSSR count). The van der Waals surface area contributed by atoms with E-state index in [1.807, 2.05) is 0 Å². The lowest BCUT2D eigenvalue weighted by atomic mass is 10.0. The molecule has 0 unspecified atom stereocenters. The predicted octanol–water partition coefficient (Wildman–Crippen LogP) is 1.58. The van der Waals surface area contributed by atoms with Gasteiger partial charge in [-0.1, -0.05) is 6.07 Å². The van der Waals surface area contributed by atoms with E-state index in [4.69, 9.17) is 15.9 Å². The van der Waals surface area contributed by atoms with Crippen LogP contribution in [0.15, 0.2) is 12.1 Å². The molecular weight excluding hydrogens is 211 g/mol. The second-order valence-electron chi connectivity index (χ2n) is 3.11. The number of benzene rings is 1. The number of hydrogen-bond acceptors (Lipinski definition) is 3. The highest BCUT2D eigenvalue weighted by Crippen LogP contribution is 2.36. The van der Waals surface area contributed by atoms with Gasteiger partial charge in [-0.2, -0.15) is 13.2 Å². The number of rotatable bonds is 1. The van der Waals surface area contributed by atoms with Gasteiger partial charge in [0, 0.05) is 11.3 Å². The molecule has 1 aromatic rings. The third kappa shape index (κ3) is 2.21. The number of nitrogen functional groups attached to an aromatic ring is 1. The molecule has 6 heteroatoms. The molecule has 0 bridgehead atoms. The van der Waals surface area contributed by atoms with E-state index in [1.54, 1.807) is 0 Å². The average molecular weight is 221 g/mol. The van der Waals surface area contributed by atoms with Crippen molar-refractivity contribution < 1.29 is 23.4 Å². The number of aliphatic hydroxyl groups excluding tert-OH is 1. The maximum atomic E-state index is 12.4. The minimum atomic E-state index is -4.49. The molecule has 0 heterocycles. The second-order valence-corrected chi connectivity index (χ2v) is 3.11. The summed E-state index contributed by atoms with van der Waals surface area (Å²) in [6.45, 7) is 1.18. The number of hydrogen-bond donors (Lipinski definition) is 3. The molecule has 0 saturated carbocycles. The highest BCUT2D eigenvalue weighted by molar-refractivity contribution is 5.57. The van der Waals surface area contributed by atoms with E-state index in [1.165, 1.54) is 6.92 Å². The van der Waals surface area contributed by atoms with Crippen molar-refractivity contribution in [2.45, 2.75) is 19.4 Å². The summed E-state index contributed by atoms with van der Waals surface area (Å²) in [7, 11) is 0. The normalized spacial score (nSPS) is 12.2. The third-order valence-corrected chi connectivity index (χ3v) is 2.13. The van der Waals surface area contributed by atoms with Crippen molar-refractivity contribution in [1.82, 2.24) is 0 Å². The van der Waals surface area contributed by atoms with Crippen LogP contribution in [0, 0.1) is 6.92 Å². The Morgan fingerprint density at radius 2 is 1.80 bits per heavy atom. The molecule has 0 amide bonds. The quantitative estimate of drug-likeness (QED) is 0.498. The summed E-state index contributed by atoms with van der Waals surface area (Å²) in [6, 6.07) is 1.73. The lowest BCUT2D eigenvalue weighted by molar-refractivity contribution is -0.138. The summed E-state index contributed by atoms with van der Waals surface area (Å²) < 4.78 is 37.1. The number of nitrogens with two attached hydrogens (primary N) is 1. The Balaban J connectivity index is 3.34. The summed E-state index contributed by atoms with van der Waals surface area (Å²) in [5.41, 5.74) is 3.91. The van der Waals surface area contributed by atoms with E-state index in [-0.39, 0.29) is 16.8 Å². The highest BCUT2D eigenvalue weighted by atomic mass is 19.4. The fraction of sp³-hybridized carbons (Fsp3) is 0.333. The molecule has 0 spiro atoms. The molecule has 15 heavy (non-hydrogen) atoms. The van der Waals surface area contributed by atoms with E-state index in [0.29, 0.717) is 0 Å². The van der Waals surface area contributed by atoms with Crippen LogP contribution in [-0.4, -0.2) is 10.2 Å². The van der Waals surface area contributed by atoms with Gasteiger partial charge in [0.1, 0.15) is 0 Å². The van der Waals surface area contributed by atoms with Crippen molar-refractivity contribution in [2.24, 2.45) is 0 Å². The van der Waals surface area contributed by atoms with Gasteiger partial charge in [0.15, 0.2) is 6.29 Å². The second kappa shape index (κ2) is 3.71. The van der Waals surface area contributed by atoms with Crippen LogP contribution in [0.3, 0.4) is 0 Å². The molecule has 1 aromatic carbocycles. The van der Waals surface area contributed by atoms with Crippen molar-refractivity contribution in [3.63, 3.8) is 0 Å². The van der Waals surface area contributed by atoms with Crippen molar-refractivity contribution in [2.75, 3.05) is 5.73 Å².